The molecule has 10 heteroatoms. The second-order valence-corrected chi connectivity index (χ2v) is 6.74. The van der Waals surface area contributed by atoms with E-state index in [4.69, 9.17) is 13.9 Å². The third-order valence-corrected chi connectivity index (χ3v) is 4.49. The maximum absolute atomic E-state index is 11.9. The molecule has 0 saturated carbocycles. The van der Waals surface area contributed by atoms with Crippen molar-refractivity contribution in [2.45, 2.75) is 0 Å². The molecule has 1 N–H and O–H groups in total. The molecule has 0 fully saturated rings. The second-order valence-electron chi connectivity index (χ2n) is 5.88. The normalized spacial score (nSPS) is 10.7. The average Bonchev–Trinajstić information content (AvgIpc) is 3.21. The number of furan rings is 1. The first-order valence-corrected chi connectivity index (χ1v) is 9.38. The fraction of sp³-hybridized carbons (Fsp3) is 0.100. The Morgan fingerprint density at radius 2 is 2.00 bits per heavy atom. The number of nitrogens with one attached hydrogen (secondary N) is 1. The van der Waals surface area contributed by atoms with Gasteiger partial charge in [0.05, 0.1) is 22.7 Å². The zero-order chi connectivity index (χ0) is 21.5. The Kier molecular flexibility index (Phi) is 6.81. The van der Waals surface area contributed by atoms with Gasteiger partial charge in [-0.1, -0.05) is 0 Å². The summed E-state index contributed by atoms with van der Waals surface area (Å²) in [6, 6.07) is 14.5. The maximum atomic E-state index is 11.9. The van der Waals surface area contributed by atoms with Gasteiger partial charge < -0.3 is 13.9 Å². The van der Waals surface area contributed by atoms with Gasteiger partial charge in [-0.05, 0) is 58.4 Å². The van der Waals surface area contributed by atoms with Crippen molar-refractivity contribution in [3.8, 4) is 22.8 Å². The zero-order valence-corrected chi connectivity index (χ0v) is 17.3. The number of hydrazone groups is 1. The fourth-order valence-corrected chi connectivity index (χ4v) is 2.87. The number of nitro benzene ring substituents is 1. The van der Waals surface area contributed by atoms with Crippen molar-refractivity contribution in [2.75, 3.05) is 13.7 Å². The number of non-ortho nitro benzene ring substituents is 1. The topological polar surface area (TPSA) is 116 Å². The summed E-state index contributed by atoms with van der Waals surface area (Å²) < 4.78 is 16.8. The molecule has 3 aromatic rings. The van der Waals surface area contributed by atoms with Gasteiger partial charge in [-0.25, -0.2) is 5.43 Å². The zero-order valence-electron chi connectivity index (χ0n) is 15.7. The van der Waals surface area contributed by atoms with Crippen LogP contribution in [0.2, 0.25) is 0 Å². The van der Waals surface area contributed by atoms with E-state index >= 15 is 0 Å². The Hall–Kier alpha value is -3.66. The van der Waals surface area contributed by atoms with Crippen molar-refractivity contribution >= 4 is 33.7 Å². The van der Waals surface area contributed by atoms with Gasteiger partial charge in [-0.3, -0.25) is 14.9 Å². The first kappa shape index (κ1) is 21.1. The van der Waals surface area contributed by atoms with E-state index in [9.17, 15) is 14.9 Å². The molecule has 9 nitrogen and oxygen atoms in total. The van der Waals surface area contributed by atoms with E-state index in [1.54, 1.807) is 49.6 Å². The molecule has 0 atom stereocenters. The molecule has 1 aromatic heterocycles. The molecule has 1 heterocycles. The molecular weight excluding hydrogens is 458 g/mol. The molecule has 0 aliphatic heterocycles. The van der Waals surface area contributed by atoms with Crippen molar-refractivity contribution in [1.82, 2.24) is 5.43 Å². The molecule has 0 aliphatic carbocycles. The van der Waals surface area contributed by atoms with Gasteiger partial charge >= 0.3 is 0 Å². The summed E-state index contributed by atoms with van der Waals surface area (Å²) in [7, 11) is 1.56. The summed E-state index contributed by atoms with van der Waals surface area (Å²) >= 11 is 3.34. The van der Waals surface area contributed by atoms with E-state index in [1.807, 2.05) is 0 Å². The average molecular weight is 474 g/mol. The van der Waals surface area contributed by atoms with Gasteiger partial charge in [-0.2, -0.15) is 5.10 Å². The summed E-state index contributed by atoms with van der Waals surface area (Å²) in [5, 5.41) is 14.5. The van der Waals surface area contributed by atoms with Crippen molar-refractivity contribution in [2.24, 2.45) is 5.10 Å². The lowest BCUT2D eigenvalue weighted by Crippen LogP contribution is -2.24. The number of methoxy groups -OCH3 is 1. The van der Waals surface area contributed by atoms with Gasteiger partial charge in [0.1, 0.15) is 23.0 Å². The van der Waals surface area contributed by atoms with Crippen LogP contribution in [0.3, 0.4) is 0 Å². The Bertz CT molecular complexity index is 1080. The Labute approximate surface area is 179 Å². The van der Waals surface area contributed by atoms with Gasteiger partial charge in [0.2, 0.25) is 0 Å². The molecule has 154 valence electrons. The highest BCUT2D eigenvalue weighted by molar-refractivity contribution is 9.10. The van der Waals surface area contributed by atoms with Gasteiger partial charge in [0.25, 0.3) is 11.6 Å². The van der Waals surface area contributed by atoms with E-state index < -0.39 is 10.8 Å². The molecule has 0 radical (unpaired) electrons. The minimum atomic E-state index is -0.469. The standard InChI is InChI=1S/C20H16BrN3O6/c1-28-15-6-9-19(17(21)10-15)29-12-20(25)23-22-11-16-7-8-18(30-16)13-2-4-14(5-3-13)24(26)27/h2-11H,12H2,1H3,(H,23,25)/b22-11-. The minimum Gasteiger partial charge on any atom is -0.497 e. The highest BCUT2D eigenvalue weighted by Crippen LogP contribution is 2.29. The number of hydrogen-bond donors (Lipinski definition) is 1. The van der Waals surface area contributed by atoms with Crippen LogP contribution in [0.5, 0.6) is 11.5 Å². The molecule has 0 saturated heterocycles. The number of benzene rings is 2. The quantitative estimate of drug-likeness (QED) is 0.298. The van der Waals surface area contributed by atoms with Gasteiger partial charge in [0, 0.05) is 17.7 Å². The number of hydrogen-bond acceptors (Lipinski definition) is 7. The number of rotatable bonds is 8. The minimum absolute atomic E-state index is 0.00121. The third-order valence-electron chi connectivity index (χ3n) is 3.87. The number of ether oxygens (including phenoxy) is 2. The van der Waals surface area contributed by atoms with E-state index in [1.165, 1.54) is 18.3 Å². The van der Waals surface area contributed by atoms with Crippen LogP contribution >= 0.6 is 15.9 Å². The smallest absolute Gasteiger partial charge is 0.277 e. The molecule has 30 heavy (non-hydrogen) atoms. The molecule has 0 bridgehead atoms. The van der Waals surface area contributed by atoms with Crippen LogP contribution in [-0.2, 0) is 4.79 Å². The fourth-order valence-electron chi connectivity index (χ4n) is 2.39. The van der Waals surface area contributed by atoms with Crippen LogP contribution in [0.25, 0.3) is 11.3 Å². The van der Waals surface area contributed by atoms with Crippen molar-refractivity contribution in [3.63, 3.8) is 0 Å². The number of carbonyl (C=O) groups excluding carboxylic acids is 1. The van der Waals surface area contributed by atoms with Crippen LogP contribution in [0.1, 0.15) is 5.76 Å². The lowest BCUT2D eigenvalue weighted by molar-refractivity contribution is -0.384. The Morgan fingerprint density at radius 1 is 1.23 bits per heavy atom. The highest BCUT2D eigenvalue weighted by Gasteiger charge is 2.09. The predicted molar refractivity (Wildman–Crippen MR) is 113 cm³/mol. The number of carbonyl (C=O) groups is 1. The summed E-state index contributed by atoms with van der Waals surface area (Å²) in [4.78, 5) is 22.1. The summed E-state index contributed by atoms with van der Waals surface area (Å²) in [5.41, 5.74) is 3.02. The summed E-state index contributed by atoms with van der Waals surface area (Å²) in [6.07, 6.45) is 1.34. The number of nitrogens with zero attached hydrogens (tertiary/aromatic N) is 2. The molecule has 0 aliphatic rings. The van der Waals surface area contributed by atoms with Crippen molar-refractivity contribution in [3.05, 3.63) is 74.9 Å². The SMILES string of the molecule is COc1ccc(OCC(=O)N/N=C\c2ccc(-c3ccc([N+](=O)[O-])cc3)o2)c(Br)c1. The van der Waals surface area contributed by atoms with E-state index in [-0.39, 0.29) is 12.3 Å². The molecule has 1 amide bonds. The monoisotopic (exact) mass is 473 g/mol. The summed E-state index contributed by atoms with van der Waals surface area (Å²) in [5.74, 6) is 1.63. The van der Waals surface area contributed by atoms with Crippen molar-refractivity contribution in [1.29, 1.82) is 0 Å². The predicted octanol–water partition coefficient (Wildman–Crippen LogP) is 4.16. The lowest BCUT2D eigenvalue weighted by Gasteiger charge is -2.08. The molecule has 0 unspecified atom stereocenters. The van der Waals surface area contributed by atoms with Gasteiger partial charge in [0.15, 0.2) is 6.61 Å². The van der Waals surface area contributed by atoms with E-state index in [0.29, 0.717) is 33.1 Å². The first-order chi connectivity index (χ1) is 14.5. The Balaban J connectivity index is 1.52. The third kappa shape index (κ3) is 5.45. The van der Waals surface area contributed by atoms with Crippen LogP contribution in [0, 0.1) is 10.1 Å². The number of nitro groups is 1. The second kappa shape index (κ2) is 9.70. The van der Waals surface area contributed by atoms with E-state index in [0.717, 1.165) is 0 Å². The molecule has 0 spiro atoms. The van der Waals surface area contributed by atoms with Crippen LogP contribution in [-0.4, -0.2) is 30.8 Å². The highest BCUT2D eigenvalue weighted by atomic mass is 79.9. The lowest BCUT2D eigenvalue weighted by atomic mass is 10.1. The summed E-state index contributed by atoms with van der Waals surface area (Å²) in [6.45, 7) is -0.228. The van der Waals surface area contributed by atoms with E-state index in [2.05, 4.69) is 26.5 Å². The van der Waals surface area contributed by atoms with Crippen LogP contribution < -0.4 is 14.9 Å². The van der Waals surface area contributed by atoms with Gasteiger partial charge in [-0.15, -0.1) is 0 Å². The molecular formula is C20H16BrN3O6. The molecule has 2 aromatic carbocycles. The number of halogens is 1. The molecule has 3 rings (SSSR count). The maximum Gasteiger partial charge on any atom is 0.277 e. The van der Waals surface area contributed by atoms with Crippen LogP contribution in [0.15, 0.2) is 68.6 Å². The largest absolute Gasteiger partial charge is 0.497 e. The van der Waals surface area contributed by atoms with Crippen LogP contribution in [0.4, 0.5) is 5.69 Å². The Morgan fingerprint density at radius 3 is 2.67 bits per heavy atom. The number of amides is 1. The first-order valence-electron chi connectivity index (χ1n) is 8.59. The van der Waals surface area contributed by atoms with Crippen molar-refractivity contribution < 1.29 is 23.6 Å².